The average Bonchev–Trinajstić information content (AvgIpc) is 3.31. The second-order valence-corrected chi connectivity index (χ2v) is 6.57. The summed E-state index contributed by atoms with van der Waals surface area (Å²) in [7, 11) is 1.57. The minimum absolute atomic E-state index is 0.0261. The smallest absolute Gasteiger partial charge is 0.261 e. The fourth-order valence-electron chi connectivity index (χ4n) is 3.11. The molecule has 1 aliphatic rings. The Hall–Kier alpha value is -2.93. The zero-order chi connectivity index (χ0) is 19.0. The van der Waals surface area contributed by atoms with Crippen molar-refractivity contribution in [2.24, 2.45) is 0 Å². The van der Waals surface area contributed by atoms with E-state index < -0.39 is 5.82 Å². The predicted molar refractivity (Wildman–Crippen MR) is 97.4 cm³/mol. The molecule has 1 fully saturated rings. The SMILES string of the molecule is COc1ccccc1-c1nc(C2CC(=O)N(c3ccc(F)c(Cl)c3)C2)no1. The van der Waals surface area contributed by atoms with Gasteiger partial charge in [-0.2, -0.15) is 4.98 Å². The largest absolute Gasteiger partial charge is 0.496 e. The van der Waals surface area contributed by atoms with Crippen LogP contribution in [0.4, 0.5) is 10.1 Å². The van der Waals surface area contributed by atoms with Crippen molar-refractivity contribution in [3.63, 3.8) is 0 Å². The van der Waals surface area contributed by atoms with Crippen LogP contribution in [0.25, 0.3) is 11.5 Å². The molecule has 0 radical (unpaired) electrons. The molecular weight excluding hydrogens is 373 g/mol. The maximum Gasteiger partial charge on any atom is 0.261 e. The third kappa shape index (κ3) is 3.26. The van der Waals surface area contributed by atoms with Crippen LogP contribution >= 0.6 is 11.6 Å². The fraction of sp³-hybridized carbons (Fsp3) is 0.211. The second kappa shape index (κ2) is 7.00. The van der Waals surface area contributed by atoms with Gasteiger partial charge in [0.15, 0.2) is 5.82 Å². The van der Waals surface area contributed by atoms with E-state index in [1.165, 1.54) is 18.2 Å². The Labute approximate surface area is 159 Å². The van der Waals surface area contributed by atoms with Crippen LogP contribution in [0.2, 0.25) is 5.02 Å². The maximum absolute atomic E-state index is 13.4. The number of anilines is 1. The molecule has 1 saturated heterocycles. The normalized spacial score (nSPS) is 16.8. The molecular formula is C19H15ClFN3O3. The van der Waals surface area contributed by atoms with Gasteiger partial charge in [0.05, 0.1) is 17.7 Å². The van der Waals surface area contributed by atoms with Gasteiger partial charge in [0, 0.05) is 24.6 Å². The van der Waals surface area contributed by atoms with Gasteiger partial charge in [-0.3, -0.25) is 4.79 Å². The molecule has 2 aromatic carbocycles. The fourth-order valence-corrected chi connectivity index (χ4v) is 3.29. The molecule has 0 N–H and O–H groups in total. The van der Waals surface area contributed by atoms with Crippen LogP contribution in [0.15, 0.2) is 47.0 Å². The lowest BCUT2D eigenvalue weighted by Gasteiger charge is -2.16. The van der Waals surface area contributed by atoms with Gasteiger partial charge in [-0.1, -0.05) is 28.9 Å². The number of ether oxygens (including phenoxy) is 1. The summed E-state index contributed by atoms with van der Waals surface area (Å²) in [5.74, 6) is 0.541. The molecule has 8 heteroatoms. The van der Waals surface area contributed by atoms with Gasteiger partial charge < -0.3 is 14.2 Å². The highest BCUT2D eigenvalue weighted by atomic mass is 35.5. The summed E-state index contributed by atoms with van der Waals surface area (Å²) in [6.07, 6.45) is 0.236. The summed E-state index contributed by atoms with van der Waals surface area (Å²) in [5.41, 5.74) is 1.23. The maximum atomic E-state index is 13.4. The molecule has 1 aliphatic heterocycles. The first-order valence-corrected chi connectivity index (χ1v) is 8.67. The van der Waals surface area contributed by atoms with Crippen LogP contribution in [-0.4, -0.2) is 29.7 Å². The number of carbonyl (C=O) groups excluding carboxylic acids is 1. The molecule has 0 spiro atoms. The van der Waals surface area contributed by atoms with Crippen molar-refractivity contribution >= 4 is 23.2 Å². The molecule has 0 saturated carbocycles. The monoisotopic (exact) mass is 387 g/mol. The first kappa shape index (κ1) is 17.5. The number of rotatable bonds is 4. The number of carbonyl (C=O) groups is 1. The first-order valence-electron chi connectivity index (χ1n) is 8.29. The molecule has 2 heterocycles. The Balaban J connectivity index is 1.58. The van der Waals surface area contributed by atoms with Gasteiger partial charge >= 0.3 is 0 Å². The van der Waals surface area contributed by atoms with E-state index >= 15 is 0 Å². The zero-order valence-corrected chi connectivity index (χ0v) is 15.1. The molecule has 1 atom stereocenters. The summed E-state index contributed by atoms with van der Waals surface area (Å²) < 4.78 is 24.1. The van der Waals surface area contributed by atoms with Crippen LogP contribution in [0.3, 0.4) is 0 Å². The molecule has 3 aromatic rings. The highest BCUT2D eigenvalue weighted by molar-refractivity contribution is 6.31. The van der Waals surface area contributed by atoms with E-state index in [1.807, 2.05) is 18.2 Å². The molecule has 138 valence electrons. The predicted octanol–water partition coefficient (Wildman–Crippen LogP) is 4.06. The third-order valence-electron chi connectivity index (χ3n) is 4.48. The van der Waals surface area contributed by atoms with E-state index in [-0.39, 0.29) is 23.3 Å². The molecule has 6 nitrogen and oxygen atoms in total. The van der Waals surface area contributed by atoms with Crippen molar-refractivity contribution in [1.29, 1.82) is 0 Å². The summed E-state index contributed by atoms with van der Waals surface area (Å²) in [4.78, 5) is 18.4. The van der Waals surface area contributed by atoms with E-state index in [0.717, 1.165) is 0 Å². The highest BCUT2D eigenvalue weighted by Gasteiger charge is 2.35. The van der Waals surface area contributed by atoms with E-state index in [2.05, 4.69) is 10.1 Å². The second-order valence-electron chi connectivity index (χ2n) is 6.16. The Bertz CT molecular complexity index is 1010. The van der Waals surface area contributed by atoms with Crippen molar-refractivity contribution in [3.05, 3.63) is 59.1 Å². The van der Waals surface area contributed by atoms with Crippen LogP contribution in [0.1, 0.15) is 18.2 Å². The molecule has 0 aliphatic carbocycles. The number of hydrogen-bond acceptors (Lipinski definition) is 5. The highest BCUT2D eigenvalue weighted by Crippen LogP contribution is 2.34. The van der Waals surface area contributed by atoms with E-state index in [9.17, 15) is 9.18 Å². The topological polar surface area (TPSA) is 68.5 Å². The van der Waals surface area contributed by atoms with Gasteiger partial charge in [0.2, 0.25) is 5.91 Å². The molecule has 1 amide bonds. The first-order chi connectivity index (χ1) is 13.1. The zero-order valence-electron chi connectivity index (χ0n) is 14.4. The van der Waals surface area contributed by atoms with Gasteiger partial charge in [0.1, 0.15) is 11.6 Å². The van der Waals surface area contributed by atoms with Gasteiger partial charge in [-0.25, -0.2) is 4.39 Å². The molecule has 0 bridgehead atoms. The van der Waals surface area contributed by atoms with Gasteiger partial charge in [-0.15, -0.1) is 0 Å². The van der Waals surface area contributed by atoms with E-state index in [1.54, 1.807) is 18.1 Å². The summed E-state index contributed by atoms with van der Waals surface area (Å²) in [5, 5.41) is 4.01. The Morgan fingerprint density at radius 3 is 2.89 bits per heavy atom. The lowest BCUT2D eigenvalue weighted by molar-refractivity contribution is -0.117. The molecule has 27 heavy (non-hydrogen) atoms. The average molecular weight is 388 g/mol. The van der Waals surface area contributed by atoms with Crippen LogP contribution < -0.4 is 9.64 Å². The number of nitrogens with zero attached hydrogens (tertiary/aromatic N) is 3. The van der Waals surface area contributed by atoms with Crippen LogP contribution in [-0.2, 0) is 4.79 Å². The van der Waals surface area contributed by atoms with Crippen LogP contribution in [0.5, 0.6) is 5.75 Å². The summed E-state index contributed by atoms with van der Waals surface area (Å²) in [6.45, 7) is 0.367. The Kier molecular flexibility index (Phi) is 4.53. The van der Waals surface area contributed by atoms with Crippen molar-refractivity contribution in [2.45, 2.75) is 12.3 Å². The van der Waals surface area contributed by atoms with E-state index in [4.69, 9.17) is 20.9 Å². The number of benzene rings is 2. The number of halogens is 2. The molecule has 1 aromatic heterocycles. The summed E-state index contributed by atoms with van der Waals surface area (Å²) >= 11 is 5.83. The van der Waals surface area contributed by atoms with Crippen LogP contribution in [0, 0.1) is 5.82 Å². The van der Waals surface area contributed by atoms with Crippen molar-refractivity contribution in [1.82, 2.24) is 10.1 Å². The number of aromatic nitrogens is 2. The Morgan fingerprint density at radius 2 is 2.11 bits per heavy atom. The Morgan fingerprint density at radius 1 is 1.30 bits per heavy atom. The van der Waals surface area contributed by atoms with Crippen molar-refractivity contribution < 1.29 is 18.4 Å². The van der Waals surface area contributed by atoms with Gasteiger partial charge in [-0.05, 0) is 30.3 Å². The minimum Gasteiger partial charge on any atom is -0.496 e. The van der Waals surface area contributed by atoms with Crippen molar-refractivity contribution in [2.75, 3.05) is 18.6 Å². The standard InChI is InChI=1S/C19H15ClFN3O3/c1-26-16-5-3-2-4-13(16)19-22-18(23-27-19)11-8-17(25)24(10-11)12-6-7-15(21)14(20)9-12/h2-7,9,11H,8,10H2,1H3. The van der Waals surface area contributed by atoms with E-state index in [0.29, 0.717) is 35.3 Å². The number of methoxy groups -OCH3 is 1. The summed E-state index contributed by atoms with van der Waals surface area (Å²) in [6, 6.07) is 11.5. The quantitative estimate of drug-likeness (QED) is 0.675. The molecule has 1 unspecified atom stereocenters. The van der Waals surface area contributed by atoms with Crippen molar-refractivity contribution in [3.8, 4) is 17.2 Å². The number of hydrogen-bond donors (Lipinski definition) is 0. The lowest BCUT2D eigenvalue weighted by Crippen LogP contribution is -2.24. The number of amides is 1. The molecule has 4 rings (SSSR count). The van der Waals surface area contributed by atoms with Gasteiger partial charge in [0.25, 0.3) is 5.89 Å². The lowest BCUT2D eigenvalue weighted by atomic mass is 10.1. The number of para-hydroxylation sites is 1. The minimum atomic E-state index is -0.525. The third-order valence-corrected chi connectivity index (χ3v) is 4.77.